The number of fused-ring (bicyclic) bond motifs is 1. The molecule has 10 heteroatoms. The first-order valence-electron chi connectivity index (χ1n) is 11.8. The van der Waals surface area contributed by atoms with Gasteiger partial charge in [0.15, 0.2) is 0 Å². The summed E-state index contributed by atoms with van der Waals surface area (Å²) >= 11 is 0. The number of imidazole rings is 1. The molecule has 0 radical (unpaired) electrons. The fourth-order valence-corrected chi connectivity index (χ4v) is 5.20. The summed E-state index contributed by atoms with van der Waals surface area (Å²) in [5, 5.41) is 3.02. The van der Waals surface area contributed by atoms with Crippen LogP contribution in [-0.4, -0.2) is 59.0 Å². The summed E-state index contributed by atoms with van der Waals surface area (Å²) < 4.78 is 52.8. The van der Waals surface area contributed by atoms with Gasteiger partial charge in [0.1, 0.15) is 17.2 Å². The van der Waals surface area contributed by atoms with Crippen molar-refractivity contribution in [3.63, 3.8) is 0 Å². The van der Waals surface area contributed by atoms with Crippen molar-refractivity contribution in [3.8, 4) is 0 Å². The summed E-state index contributed by atoms with van der Waals surface area (Å²) in [6, 6.07) is 10.9. The number of nitrogens with zero attached hydrogens (tertiary/aromatic N) is 3. The Hall–Kier alpha value is -3.14. The summed E-state index contributed by atoms with van der Waals surface area (Å²) in [5.74, 6) is -0.270. The van der Waals surface area contributed by atoms with Crippen LogP contribution in [0, 0.1) is 5.82 Å². The van der Waals surface area contributed by atoms with Gasteiger partial charge in [-0.1, -0.05) is 6.07 Å². The second-order valence-electron chi connectivity index (χ2n) is 9.30. The number of aromatic amines is 1. The molecule has 2 aliphatic heterocycles. The number of carbonyl (C=O) groups excluding carboxylic acids is 1. The minimum Gasteiger partial charge on any atom is -0.371 e. The van der Waals surface area contributed by atoms with Crippen LogP contribution in [0.25, 0.3) is 11.0 Å². The SMILES string of the molecule is O=C(Cc1nc2c(C(F)(F)F)cccc2[nH]1)NC1CCN(C2CCN(c3ccc(F)cc3)CC2)C1. The lowest BCUT2D eigenvalue weighted by Gasteiger charge is -2.38. The van der Waals surface area contributed by atoms with Crippen LogP contribution < -0.4 is 10.2 Å². The molecule has 35 heavy (non-hydrogen) atoms. The zero-order chi connectivity index (χ0) is 24.6. The molecule has 0 bridgehead atoms. The number of benzene rings is 2. The lowest BCUT2D eigenvalue weighted by atomic mass is 10.0. The second kappa shape index (κ2) is 9.49. The van der Waals surface area contributed by atoms with Gasteiger partial charge in [-0.05, 0) is 55.7 Å². The third-order valence-electron chi connectivity index (χ3n) is 6.95. The van der Waals surface area contributed by atoms with Crippen molar-refractivity contribution in [2.24, 2.45) is 0 Å². The van der Waals surface area contributed by atoms with E-state index in [4.69, 9.17) is 0 Å². The van der Waals surface area contributed by atoms with E-state index in [0.29, 0.717) is 6.04 Å². The molecular weight excluding hydrogens is 462 g/mol. The number of halogens is 4. The molecule has 2 saturated heterocycles. The smallest absolute Gasteiger partial charge is 0.371 e. The number of likely N-dealkylation sites (tertiary alicyclic amines) is 1. The number of carbonyl (C=O) groups is 1. The standard InChI is InChI=1S/C25H27F4N5O/c26-16-4-6-18(7-5-16)33-12-9-19(10-13-33)34-11-8-17(15-34)30-23(35)14-22-31-21-3-1-2-20(24(21)32-22)25(27,28)29/h1-7,17,19H,8-15H2,(H,30,35)(H,31,32). The van der Waals surface area contributed by atoms with Gasteiger partial charge in [0, 0.05) is 44.0 Å². The summed E-state index contributed by atoms with van der Waals surface area (Å²) in [4.78, 5) is 24.1. The van der Waals surface area contributed by atoms with E-state index in [1.807, 2.05) is 12.1 Å². The summed E-state index contributed by atoms with van der Waals surface area (Å²) in [5.41, 5.74) is 0.322. The van der Waals surface area contributed by atoms with E-state index in [0.717, 1.165) is 57.2 Å². The van der Waals surface area contributed by atoms with Gasteiger partial charge in [-0.3, -0.25) is 9.69 Å². The molecule has 3 heterocycles. The molecule has 1 amide bonds. The van der Waals surface area contributed by atoms with E-state index in [-0.39, 0.29) is 41.0 Å². The van der Waals surface area contributed by atoms with Crippen LogP contribution >= 0.6 is 0 Å². The molecule has 0 aliphatic carbocycles. The van der Waals surface area contributed by atoms with E-state index in [1.165, 1.54) is 24.3 Å². The first-order chi connectivity index (χ1) is 16.8. The molecule has 5 rings (SSSR count). The van der Waals surface area contributed by atoms with Crippen molar-refractivity contribution in [2.45, 2.75) is 43.9 Å². The van der Waals surface area contributed by atoms with Crippen molar-refractivity contribution >= 4 is 22.6 Å². The lowest BCUT2D eigenvalue weighted by molar-refractivity contribution is -0.136. The van der Waals surface area contributed by atoms with E-state index in [1.54, 1.807) is 0 Å². The highest BCUT2D eigenvalue weighted by Crippen LogP contribution is 2.33. The maximum Gasteiger partial charge on any atom is 0.418 e. The normalized spacial score (nSPS) is 20.0. The highest BCUT2D eigenvalue weighted by Gasteiger charge is 2.34. The Labute approximate surface area is 200 Å². The van der Waals surface area contributed by atoms with Gasteiger partial charge >= 0.3 is 6.18 Å². The van der Waals surface area contributed by atoms with Gasteiger partial charge in [-0.15, -0.1) is 0 Å². The minimum atomic E-state index is -4.50. The van der Waals surface area contributed by atoms with E-state index in [2.05, 4.69) is 25.1 Å². The van der Waals surface area contributed by atoms with Crippen LogP contribution in [0.5, 0.6) is 0 Å². The third kappa shape index (κ3) is 5.27. The Morgan fingerprint density at radius 3 is 2.51 bits per heavy atom. The van der Waals surface area contributed by atoms with Gasteiger partial charge in [-0.25, -0.2) is 9.37 Å². The van der Waals surface area contributed by atoms with Crippen LogP contribution in [0.4, 0.5) is 23.2 Å². The maximum atomic E-state index is 13.2. The van der Waals surface area contributed by atoms with E-state index >= 15 is 0 Å². The number of alkyl halides is 3. The van der Waals surface area contributed by atoms with Gasteiger partial charge in [0.05, 0.1) is 17.5 Å². The van der Waals surface area contributed by atoms with Gasteiger partial charge < -0.3 is 15.2 Å². The minimum absolute atomic E-state index is 0.00717. The number of rotatable bonds is 5. The van der Waals surface area contributed by atoms with Crippen molar-refractivity contribution in [1.82, 2.24) is 20.2 Å². The fourth-order valence-electron chi connectivity index (χ4n) is 5.20. The molecule has 2 aliphatic rings. The highest BCUT2D eigenvalue weighted by atomic mass is 19.4. The summed E-state index contributed by atoms with van der Waals surface area (Å²) in [7, 11) is 0. The Morgan fingerprint density at radius 1 is 1.06 bits per heavy atom. The zero-order valence-electron chi connectivity index (χ0n) is 19.1. The molecule has 0 spiro atoms. The molecule has 1 aromatic heterocycles. The first-order valence-corrected chi connectivity index (χ1v) is 11.8. The van der Waals surface area contributed by atoms with E-state index < -0.39 is 11.7 Å². The highest BCUT2D eigenvalue weighted by molar-refractivity contribution is 5.82. The number of aromatic nitrogens is 2. The number of H-pyrrole nitrogens is 1. The van der Waals surface area contributed by atoms with E-state index in [9.17, 15) is 22.4 Å². The lowest BCUT2D eigenvalue weighted by Crippen LogP contribution is -2.45. The average Bonchev–Trinajstić information content (AvgIpc) is 3.45. The first kappa shape index (κ1) is 23.6. The molecule has 186 valence electrons. The molecular formula is C25H27F4N5O. The largest absolute Gasteiger partial charge is 0.418 e. The summed E-state index contributed by atoms with van der Waals surface area (Å²) in [6.45, 7) is 3.45. The molecule has 2 N–H and O–H groups in total. The fraction of sp³-hybridized carbons (Fsp3) is 0.440. The molecule has 2 fully saturated rings. The number of para-hydroxylation sites is 1. The number of anilines is 1. The molecule has 1 atom stereocenters. The Balaban J connectivity index is 1.12. The van der Waals surface area contributed by atoms with Crippen molar-refractivity contribution in [2.75, 3.05) is 31.1 Å². The zero-order valence-corrected chi connectivity index (χ0v) is 19.1. The monoisotopic (exact) mass is 489 g/mol. The van der Waals surface area contributed by atoms with Crippen molar-refractivity contribution < 1.29 is 22.4 Å². The van der Waals surface area contributed by atoms with Crippen LogP contribution in [0.1, 0.15) is 30.7 Å². The van der Waals surface area contributed by atoms with Crippen LogP contribution in [0.2, 0.25) is 0 Å². The molecule has 3 aromatic rings. The number of hydrogen-bond donors (Lipinski definition) is 2. The number of amides is 1. The average molecular weight is 490 g/mol. The van der Waals surface area contributed by atoms with Crippen LogP contribution in [0.3, 0.4) is 0 Å². The second-order valence-corrected chi connectivity index (χ2v) is 9.30. The van der Waals surface area contributed by atoms with Crippen molar-refractivity contribution in [1.29, 1.82) is 0 Å². The molecule has 0 saturated carbocycles. The molecule has 2 aromatic carbocycles. The summed E-state index contributed by atoms with van der Waals surface area (Å²) in [6.07, 6.45) is -1.77. The number of piperidine rings is 1. The number of nitrogens with one attached hydrogen (secondary N) is 2. The maximum absolute atomic E-state index is 13.2. The Bertz CT molecular complexity index is 1180. The molecule has 1 unspecified atom stereocenters. The van der Waals surface area contributed by atoms with Crippen LogP contribution in [-0.2, 0) is 17.4 Å². The Morgan fingerprint density at radius 2 is 1.80 bits per heavy atom. The topological polar surface area (TPSA) is 64.3 Å². The predicted molar refractivity (Wildman–Crippen MR) is 125 cm³/mol. The third-order valence-corrected chi connectivity index (χ3v) is 6.95. The Kier molecular flexibility index (Phi) is 6.39. The van der Waals surface area contributed by atoms with Gasteiger partial charge in [-0.2, -0.15) is 13.2 Å². The predicted octanol–water partition coefficient (Wildman–Crippen LogP) is 4.12. The molecule has 6 nitrogen and oxygen atoms in total. The van der Waals surface area contributed by atoms with Gasteiger partial charge in [0.25, 0.3) is 0 Å². The van der Waals surface area contributed by atoms with Gasteiger partial charge in [0.2, 0.25) is 5.91 Å². The van der Waals surface area contributed by atoms with Crippen molar-refractivity contribution in [3.05, 3.63) is 59.7 Å². The van der Waals surface area contributed by atoms with Crippen LogP contribution in [0.15, 0.2) is 42.5 Å². The number of hydrogen-bond acceptors (Lipinski definition) is 4. The quantitative estimate of drug-likeness (QED) is 0.530.